The van der Waals surface area contributed by atoms with Crippen molar-refractivity contribution in [1.82, 2.24) is 0 Å². The van der Waals surface area contributed by atoms with Gasteiger partial charge in [-0.25, -0.2) is 0 Å². The Labute approximate surface area is 130 Å². The first-order valence-corrected chi connectivity index (χ1v) is 7.41. The van der Waals surface area contributed by atoms with Gasteiger partial charge in [-0.05, 0) is 38.3 Å². The monoisotopic (exact) mass is 303 g/mol. The standard InChI is InChI=1S/C17H21NO4/c1-12(22-17(20)13-8-4-3-5-9-13)16(19)18-14-10-6-7-11-15(14)21-2/h3-4,6-7,10-13H,5,8-9H2,1-2H3,(H,18,19)/t12-,13+/m0/s1. The van der Waals surface area contributed by atoms with Crippen molar-refractivity contribution in [3.8, 4) is 5.75 Å². The van der Waals surface area contributed by atoms with E-state index in [2.05, 4.69) is 11.4 Å². The van der Waals surface area contributed by atoms with Crippen molar-refractivity contribution in [3.63, 3.8) is 0 Å². The van der Waals surface area contributed by atoms with Gasteiger partial charge in [-0.3, -0.25) is 9.59 Å². The lowest BCUT2D eigenvalue weighted by molar-refractivity contribution is -0.157. The number of hydrogen-bond acceptors (Lipinski definition) is 4. The summed E-state index contributed by atoms with van der Waals surface area (Å²) >= 11 is 0. The molecule has 5 nitrogen and oxygen atoms in total. The second-order valence-corrected chi connectivity index (χ2v) is 5.25. The molecule has 1 amide bonds. The third-order valence-corrected chi connectivity index (χ3v) is 3.63. The van der Waals surface area contributed by atoms with Crippen LogP contribution in [0, 0.1) is 5.92 Å². The highest BCUT2D eigenvalue weighted by Gasteiger charge is 2.25. The zero-order chi connectivity index (χ0) is 15.9. The fraction of sp³-hybridized carbons (Fsp3) is 0.412. The molecule has 2 atom stereocenters. The van der Waals surface area contributed by atoms with Gasteiger partial charge in [-0.15, -0.1) is 0 Å². The Balaban J connectivity index is 1.91. The zero-order valence-corrected chi connectivity index (χ0v) is 12.9. The van der Waals surface area contributed by atoms with Crippen molar-refractivity contribution in [1.29, 1.82) is 0 Å². The predicted octanol–water partition coefficient (Wildman–Crippen LogP) is 2.92. The Kier molecular flexibility index (Phi) is 5.58. The maximum Gasteiger partial charge on any atom is 0.310 e. The van der Waals surface area contributed by atoms with Gasteiger partial charge in [0, 0.05) is 0 Å². The molecule has 0 aromatic heterocycles. The fourth-order valence-corrected chi connectivity index (χ4v) is 2.31. The van der Waals surface area contributed by atoms with Crippen LogP contribution in [0.3, 0.4) is 0 Å². The van der Waals surface area contributed by atoms with Gasteiger partial charge >= 0.3 is 5.97 Å². The number of hydrogen-bond donors (Lipinski definition) is 1. The van der Waals surface area contributed by atoms with Gasteiger partial charge in [-0.1, -0.05) is 24.3 Å². The van der Waals surface area contributed by atoms with Crippen LogP contribution in [0.2, 0.25) is 0 Å². The van der Waals surface area contributed by atoms with E-state index in [4.69, 9.17) is 9.47 Å². The van der Waals surface area contributed by atoms with Crippen LogP contribution in [0.4, 0.5) is 5.69 Å². The molecule has 0 unspecified atom stereocenters. The second kappa shape index (κ2) is 7.64. The van der Waals surface area contributed by atoms with Crippen molar-refractivity contribution < 1.29 is 19.1 Å². The van der Waals surface area contributed by atoms with Crippen molar-refractivity contribution in [3.05, 3.63) is 36.4 Å². The van der Waals surface area contributed by atoms with Crippen LogP contribution < -0.4 is 10.1 Å². The van der Waals surface area contributed by atoms with E-state index in [0.717, 1.165) is 12.8 Å². The number of nitrogens with one attached hydrogen (secondary N) is 1. The smallest absolute Gasteiger partial charge is 0.310 e. The summed E-state index contributed by atoms with van der Waals surface area (Å²) in [6.07, 6.45) is 5.52. The summed E-state index contributed by atoms with van der Waals surface area (Å²) in [5, 5.41) is 2.71. The highest BCUT2D eigenvalue weighted by Crippen LogP contribution is 2.24. The van der Waals surface area contributed by atoms with E-state index in [1.807, 2.05) is 12.1 Å². The van der Waals surface area contributed by atoms with E-state index < -0.39 is 6.10 Å². The minimum absolute atomic E-state index is 0.147. The number of rotatable bonds is 5. The minimum Gasteiger partial charge on any atom is -0.495 e. The quantitative estimate of drug-likeness (QED) is 0.671. The van der Waals surface area contributed by atoms with E-state index in [1.54, 1.807) is 25.1 Å². The first kappa shape index (κ1) is 16.1. The molecule has 0 spiro atoms. The average Bonchev–Trinajstić information content (AvgIpc) is 2.56. The first-order valence-electron chi connectivity index (χ1n) is 7.41. The molecule has 0 radical (unpaired) electrons. The predicted molar refractivity (Wildman–Crippen MR) is 83.7 cm³/mol. The van der Waals surface area contributed by atoms with E-state index in [0.29, 0.717) is 17.9 Å². The van der Waals surface area contributed by atoms with Gasteiger partial charge in [0.15, 0.2) is 6.10 Å². The summed E-state index contributed by atoms with van der Waals surface area (Å²) in [4.78, 5) is 24.2. The van der Waals surface area contributed by atoms with Crippen LogP contribution in [0.25, 0.3) is 0 Å². The molecule has 0 saturated heterocycles. The topological polar surface area (TPSA) is 64.6 Å². The number of para-hydroxylation sites is 2. The van der Waals surface area contributed by atoms with Crippen LogP contribution in [-0.4, -0.2) is 25.1 Å². The molecule has 22 heavy (non-hydrogen) atoms. The number of amides is 1. The Bertz CT molecular complexity index is 568. The van der Waals surface area contributed by atoms with Crippen LogP contribution >= 0.6 is 0 Å². The number of carbonyl (C=O) groups is 2. The zero-order valence-electron chi connectivity index (χ0n) is 12.9. The average molecular weight is 303 g/mol. The van der Waals surface area contributed by atoms with Crippen LogP contribution in [-0.2, 0) is 14.3 Å². The van der Waals surface area contributed by atoms with E-state index >= 15 is 0 Å². The summed E-state index contributed by atoms with van der Waals surface area (Å²) in [5.41, 5.74) is 0.554. The molecule has 1 N–H and O–H groups in total. The molecule has 0 heterocycles. The van der Waals surface area contributed by atoms with Crippen molar-refractivity contribution in [2.75, 3.05) is 12.4 Å². The SMILES string of the molecule is COc1ccccc1NC(=O)[C@H](C)OC(=O)[C@@H]1CC=CCC1. The molecular weight excluding hydrogens is 282 g/mol. The molecular formula is C17H21NO4. The summed E-state index contributed by atoms with van der Waals surface area (Å²) < 4.78 is 10.4. The fourth-order valence-electron chi connectivity index (χ4n) is 2.31. The maximum atomic E-state index is 12.1. The maximum absolute atomic E-state index is 12.1. The molecule has 0 saturated carbocycles. The number of allylic oxidation sites excluding steroid dienone is 2. The summed E-state index contributed by atoms with van der Waals surface area (Å²) in [7, 11) is 1.53. The number of methoxy groups -OCH3 is 1. The third kappa shape index (κ3) is 4.10. The highest BCUT2D eigenvalue weighted by atomic mass is 16.5. The highest BCUT2D eigenvalue weighted by molar-refractivity contribution is 5.96. The molecule has 5 heteroatoms. The number of benzene rings is 1. The lowest BCUT2D eigenvalue weighted by Crippen LogP contribution is -2.32. The van der Waals surface area contributed by atoms with Crippen LogP contribution in [0.1, 0.15) is 26.2 Å². The Morgan fingerprint density at radius 1 is 1.27 bits per heavy atom. The normalized spacial score (nSPS) is 18.4. The van der Waals surface area contributed by atoms with Gasteiger partial charge in [0.1, 0.15) is 5.75 Å². The molecule has 0 bridgehead atoms. The van der Waals surface area contributed by atoms with Gasteiger partial charge in [0.05, 0.1) is 18.7 Å². The summed E-state index contributed by atoms with van der Waals surface area (Å²) in [5.74, 6) is -0.269. The molecule has 1 aromatic rings. The lowest BCUT2D eigenvalue weighted by atomic mass is 9.95. The molecule has 118 valence electrons. The summed E-state index contributed by atoms with van der Waals surface area (Å²) in [6, 6.07) is 7.09. The van der Waals surface area contributed by atoms with E-state index in [1.165, 1.54) is 7.11 Å². The van der Waals surface area contributed by atoms with E-state index in [-0.39, 0.29) is 17.8 Å². The molecule has 1 aromatic carbocycles. The van der Waals surface area contributed by atoms with E-state index in [9.17, 15) is 9.59 Å². The number of anilines is 1. The number of esters is 1. The van der Waals surface area contributed by atoms with Crippen molar-refractivity contribution in [2.45, 2.75) is 32.3 Å². The third-order valence-electron chi connectivity index (χ3n) is 3.63. The van der Waals surface area contributed by atoms with Crippen LogP contribution in [0.5, 0.6) is 5.75 Å². The van der Waals surface area contributed by atoms with Gasteiger partial charge in [0.25, 0.3) is 5.91 Å². The van der Waals surface area contributed by atoms with Gasteiger partial charge in [-0.2, -0.15) is 0 Å². The molecule has 0 fully saturated rings. The van der Waals surface area contributed by atoms with Crippen molar-refractivity contribution >= 4 is 17.6 Å². The second-order valence-electron chi connectivity index (χ2n) is 5.25. The first-order chi connectivity index (χ1) is 10.6. The lowest BCUT2D eigenvalue weighted by Gasteiger charge is -2.20. The van der Waals surface area contributed by atoms with Crippen LogP contribution in [0.15, 0.2) is 36.4 Å². The number of carbonyl (C=O) groups excluding carboxylic acids is 2. The Morgan fingerprint density at radius 3 is 2.73 bits per heavy atom. The molecule has 2 rings (SSSR count). The molecule has 1 aliphatic rings. The largest absolute Gasteiger partial charge is 0.495 e. The van der Waals surface area contributed by atoms with Gasteiger partial charge in [0.2, 0.25) is 0 Å². The van der Waals surface area contributed by atoms with Crippen molar-refractivity contribution in [2.24, 2.45) is 5.92 Å². The minimum atomic E-state index is -0.844. The Hall–Kier alpha value is -2.30. The molecule has 1 aliphatic carbocycles. The Morgan fingerprint density at radius 2 is 2.05 bits per heavy atom. The number of ether oxygens (including phenoxy) is 2. The molecule has 0 aliphatic heterocycles. The summed E-state index contributed by atoms with van der Waals surface area (Å²) in [6.45, 7) is 1.57. The van der Waals surface area contributed by atoms with Gasteiger partial charge < -0.3 is 14.8 Å².